The number of nitrogens with one attached hydrogen (secondary N) is 1. The Morgan fingerprint density at radius 1 is 1.31 bits per heavy atom. The molecule has 4 heteroatoms. The summed E-state index contributed by atoms with van der Waals surface area (Å²) < 4.78 is 0. The smallest absolute Gasteiger partial charge is 0.257 e. The van der Waals surface area contributed by atoms with Gasteiger partial charge in [-0.2, -0.15) is 5.10 Å². The van der Waals surface area contributed by atoms with Crippen molar-refractivity contribution in [2.24, 2.45) is 11.8 Å². The van der Waals surface area contributed by atoms with Gasteiger partial charge in [-0.3, -0.25) is 9.89 Å². The van der Waals surface area contributed by atoms with Gasteiger partial charge in [-0.1, -0.05) is 27.7 Å². The molecule has 4 nitrogen and oxygen atoms in total. The summed E-state index contributed by atoms with van der Waals surface area (Å²) in [5.41, 5.74) is 0.640. The summed E-state index contributed by atoms with van der Waals surface area (Å²) in [5.74, 6) is 1.03. The highest BCUT2D eigenvalue weighted by atomic mass is 16.2. The predicted molar refractivity (Wildman–Crippen MR) is 64.2 cm³/mol. The molecule has 0 spiro atoms. The summed E-state index contributed by atoms with van der Waals surface area (Å²) in [4.78, 5) is 14.0. The van der Waals surface area contributed by atoms with E-state index in [1.165, 1.54) is 0 Å². The zero-order valence-corrected chi connectivity index (χ0v) is 10.5. The van der Waals surface area contributed by atoms with Gasteiger partial charge in [-0.25, -0.2) is 0 Å². The average Bonchev–Trinajstić information content (AvgIpc) is 2.66. The minimum absolute atomic E-state index is 0.0659. The highest BCUT2D eigenvalue weighted by Crippen LogP contribution is 2.09. The van der Waals surface area contributed by atoms with Crippen molar-refractivity contribution in [1.29, 1.82) is 0 Å². The summed E-state index contributed by atoms with van der Waals surface area (Å²) in [6.45, 7) is 10.1. The molecule has 1 rings (SSSR count). The molecular formula is C12H21N3O. The van der Waals surface area contributed by atoms with Crippen LogP contribution in [0.2, 0.25) is 0 Å². The Bertz CT molecular complexity index is 307. The maximum Gasteiger partial charge on any atom is 0.257 e. The van der Waals surface area contributed by atoms with Gasteiger partial charge in [0.2, 0.25) is 0 Å². The van der Waals surface area contributed by atoms with Gasteiger partial charge < -0.3 is 4.90 Å². The molecule has 1 N–H and O–H groups in total. The lowest BCUT2D eigenvalue weighted by Gasteiger charge is -2.25. The molecule has 1 heterocycles. The Morgan fingerprint density at radius 3 is 2.25 bits per heavy atom. The molecule has 0 aliphatic carbocycles. The largest absolute Gasteiger partial charge is 0.338 e. The van der Waals surface area contributed by atoms with E-state index in [0.717, 1.165) is 13.1 Å². The van der Waals surface area contributed by atoms with Gasteiger partial charge in [-0.05, 0) is 11.8 Å². The molecule has 0 aromatic carbocycles. The van der Waals surface area contributed by atoms with E-state index in [0.29, 0.717) is 17.4 Å². The fourth-order valence-corrected chi connectivity index (χ4v) is 1.67. The Hall–Kier alpha value is -1.32. The monoisotopic (exact) mass is 223 g/mol. The molecule has 0 fully saturated rings. The zero-order chi connectivity index (χ0) is 12.1. The van der Waals surface area contributed by atoms with Gasteiger partial charge in [0.15, 0.2) is 0 Å². The van der Waals surface area contributed by atoms with Gasteiger partial charge in [0.1, 0.15) is 0 Å². The summed E-state index contributed by atoms with van der Waals surface area (Å²) in [5, 5.41) is 6.49. The maximum atomic E-state index is 12.1. The second-order valence-electron chi connectivity index (χ2n) is 4.98. The lowest BCUT2D eigenvalue weighted by Crippen LogP contribution is -2.36. The maximum absolute atomic E-state index is 12.1. The number of aromatic nitrogens is 2. The van der Waals surface area contributed by atoms with Crippen molar-refractivity contribution in [3.8, 4) is 0 Å². The number of amides is 1. The average molecular weight is 223 g/mol. The molecule has 1 amide bonds. The molecular weight excluding hydrogens is 202 g/mol. The summed E-state index contributed by atoms with van der Waals surface area (Å²) in [6.07, 6.45) is 3.23. The lowest BCUT2D eigenvalue weighted by molar-refractivity contribution is 0.0715. The molecule has 0 atom stereocenters. The molecule has 0 saturated carbocycles. The van der Waals surface area contributed by atoms with E-state index in [2.05, 4.69) is 37.9 Å². The van der Waals surface area contributed by atoms with Crippen molar-refractivity contribution in [2.75, 3.05) is 13.1 Å². The van der Waals surface area contributed by atoms with E-state index in [1.54, 1.807) is 12.4 Å². The Kier molecular flexibility index (Phi) is 4.52. The zero-order valence-electron chi connectivity index (χ0n) is 10.5. The van der Waals surface area contributed by atoms with Crippen molar-refractivity contribution in [3.63, 3.8) is 0 Å². The lowest BCUT2D eigenvalue weighted by atomic mass is 10.1. The third-order valence-corrected chi connectivity index (χ3v) is 2.20. The minimum Gasteiger partial charge on any atom is -0.338 e. The van der Waals surface area contributed by atoms with Crippen molar-refractivity contribution < 1.29 is 4.79 Å². The number of carbonyl (C=O) groups is 1. The van der Waals surface area contributed by atoms with E-state index < -0.39 is 0 Å². The molecule has 0 bridgehead atoms. The van der Waals surface area contributed by atoms with E-state index in [1.807, 2.05) is 4.90 Å². The van der Waals surface area contributed by atoms with Crippen LogP contribution in [0.4, 0.5) is 0 Å². The fraction of sp³-hybridized carbons (Fsp3) is 0.667. The first-order valence-corrected chi connectivity index (χ1v) is 5.78. The molecule has 0 aliphatic heterocycles. The van der Waals surface area contributed by atoms with Crippen LogP contribution in [0.5, 0.6) is 0 Å². The summed E-state index contributed by atoms with van der Waals surface area (Å²) >= 11 is 0. The van der Waals surface area contributed by atoms with Crippen LogP contribution in [0.25, 0.3) is 0 Å². The topological polar surface area (TPSA) is 49.0 Å². The number of hydrogen-bond donors (Lipinski definition) is 1. The SMILES string of the molecule is CC(C)CN(CC(C)C)C(=O)c1cn[nH]c1. The Balaban J connectivity index is 2.71. The third-order valence-electron chi connectivity index (χ3n) is 2.20. The standard InChI is InChI=1S/C12H21N3O/c1-9(2)7-15(8-10(3)4)12(16)11-5-13-14-6-11/h5-6,9-10H,7-8H2,1-4H3,(H,13,14). The van der Waals surface area contributed by atoms with Crippen molar-refractivity contribution in [1.82, 2.24) is 15.1 Å². The highest BCUT2D eigenvalue weighted by molar-refractivity contribution is 5.93. The first-order valence-electron chi connectivity index (χ1n) is 5.78. The van der Waals surface area contributed by atoms with E-state index in [4.69, 9.17) is 0 Å². The number of aromatic amines is 1. The third kappa shape index (κ3) is 3.68. The molecule has 1 aromatic rings. The molecule has 16 heavy (non-hydrogen) atoms. The van der Waals surface area contributed by atoms with Gasteiger partial charge in [0.05, 0.1) is 11.8 Å². The molecule has 1 aromatic heterocycles. The van der Waals surface area contributed by atoms with Crippen LogP contribution in [0.15, 0.2) is 12.4 Å². The van der Waals surface area contributed by atoms with Gasteiger partial charge in [0, 0.05) is 19.3 Å². The van der Waals surface area contributed by atoms with Crippen LogP contribution >= 0.6 is 0 Å². The molecule has 0 radical (unpaired) electrons. The van der Waals surface area contributed by atoms with Crippen LogP contribution in [0.3, 0.4) is 0 Å². The molecule has 0 aliphatic rings. The van der Waals surface area contributed by atoms with Crippen LogP contribution in [-0.2, 0) is 0 Å². The van der Waals surface area contributed by atoms with Crippen LogP contribution < -0.4 is 0 Å². The van der Waals surface area contributed by atoms with E-state index in [9.17, 15) is 4.79 Å². The Morgan fingerprint density at radius 2 is 1.88 bits per heavy atom. The number of carbonyl (C=O) groups excluding carboxylic acids is 1. The Labute approximate surface area is 97.0 Å². The number of nitrogens with zero attached hydrogens (tertiary/aromatic N) is 2. The van der Waals surface area contributed by atoms with Gasteiger partial charge in [0.25, 0.3) is 5.91 Å². The highest BCUT2D eigenvalue weighted by Gasteiger charge is 2.18. The fourth-order valence-electron chi connectivity index (χ4n) is 1.67. The van der Waals surface area contributed by atoms with Crippen molar-refractivity contribution in [3.05, 3.63) is 18.0 Å². The number of rotatable bonds is 5. The van der Waals surface area contributed by atoms with Crippen LogP contribution in [-0.4, -0.2) is 34.1 Å². The number of H-pyrrole nitrogens is 1. The molecule has 0 unspecified atom stereocenters. The first-order chi connectivity index (χ1) is 7.50. The van der Waals surface area contributed by atoms with Crippen molar-refractivity contribution in [2.45, 2.75) is 27.7 Å². The second-order valence-corrected chi connectivity index (χ2v) is 4.98. The summed E-state index contributed by atoms with van der Waals surface area (Å²) in [6, 6.07) is 0. The molecule has 90 valence electrons. The van der Waals surface area contributed by atoms with Crippen LogP contribution in [0.1, 0.15) is 38.1 Å². The van der Waals surface area contributed by atoms with Crippen molar-refractivity contribution >= 4 is 5.91 Å². The van der Waals surface area contributed by atoms with Crippen LogP contribution in [0, 0.1) is 11.8 Å². The minimum atomic E-state index is 0.0659. The predicted octanol–water partition coefficient (Wildman–Crippen LogP) is 2.16. The quantitative estimate of drug-likeness (QED) is 0.831. The molecule has 0 saturated heterocycles. The first kappa shape index (κ1) is 12.7. The van der Waals surface area contributed by atoms with Gasteiger partial charge in [-0.15, -0.1) is 0 Å². The van der Waals surface area contributed by atoms with E-state index in [-0.39, 0.29) is 5.91 Å². The normalized spacial score (nSPS) is 11.1. The summed E-state index contributed by atoms with van der Waals surface area (Å²) in [7, 11) is 0. The number of hydrogen-bond acceptors (Lipinski definition) is 2. The van der Waals surface area contributed by atoms with E-state index >= 15 is 0 Å². The second kappa shape index (κ2) is 5.68. The van der Waals surface area contributed by atoms with Gasteiger partial charge >= 0.3 is 0 Å².